The Balaban J connectivity index is 1.75. The molecule has 0 amide bonds. The molecule has 2 aromatic rings. The summed E-state index contributed by atoms with van der Waals surface area (Å²) in [5.74, 6) is 0.143. The minimum absolute atomic E-state index is 0.126. The van der Waals surface area contributed by atoms with Crippen LogP contribution < -0.4 is 15.2 Å². The van der Waals surface area contributed by atoms with Crippen LogP contribution in [0, 0.1) is 0 Å². The zero-order chi connectivity index (χ0) is 19.4. The molecule has 142 valence electrons. The number of rotatable bonds is 7. The Morgan fingerprint density at radius 2 is 1.85 bits per heavy atom. The first kappa shape index (κ1) is 18.8. The van der Waals surface area contributed by atoms with Crippen molar-refractivity contribution in [2.45, 2.75) is 11.9 Å². The molecule has 27 heavy (non-hydrogen) atoms. The second-order valence-corrected chi connectivity index (χ2v) is 6.74. The molecule has 7 nitrogen and oxygen atoms in total. The van der Waals surface area contributed by atoms with E-state index in [9.17, 15) is 9.00 Å². The van der Waals surface area contributed by atoms with Gasteiger partial charge >= 0.3 is 0 Å². The number of hydrogen-bond donors (Lipinski definition) is 1. The van der Waals surface area contributed by atoms with Crippen LogP contribution in [-0.4, -0.2) is 24.2 Å². The molecule has 2 atom stereocenters. The quantitative estimate of drug-likeness (QED) is 0.776. The van der Waals surface area contributed by atoms with E-state index < -0.39 is 23.0 Å². The highest BCUT2D eigenvalue weighted by Crippen LogP contribution is 2.38. The van der Waals surface area contributed by atoms with Crippen LogP contribution in [0.25, 0.3) is 0 Å². The summed E-state index contributed by atoms with van der Waals surface area (Å²) < 4.78 is 33.5. The minimum atomic E-state index is -1.78. The Morgan fingerprint density at radius 1 is 1.11 bits per heavy atom. The van der Waals surface area contributed by atoms with E-state index in [0.29, 0.717) is 17.1 Å². The number of carbonyl (C=O) groups is 1. The zero-order valence-electron chi connectivity index (χ0n) is 14.8. The molecule has 0 aliphatic carbocycles. The summed E-state index contributed by atoms with van der Waals surface area (Å²) in [5, 5.41) is 0. The first-order valence-electron chi connectivity index (χ1n) is 8.06. The molecule has 0 aromatic heterocycles. The van der Waals surface area contributed by atoms with Crippen molar-refractivity contribution in [1.29, 1.82) is 0 Å². The molecule has 0 bridgehead atoms. The molecular formula is C19H19NO6S. The van der Waals surface area contributed by atoms with Gasteiger partial charge in [-0.1, -0.05) is 30.3 Å². The molecule has 0 spiro atoms. The van der Waals surface area contributed by atoms with Gasteiger partial charge in [-0.2, -0.15) is 0 Å². The second kappa shape index (κ2) is 8.13. The fraction of sp³-hybridized carbons (Fsp3) is 0.211. The molecule has 2 unspecified atom stereocenters. The van der Waals surface area contributed by atoms with Crippen LogP contribution in [0.1, 0.15) is 17.2 Å². The summed E-state index contributed by atoms with van der Waals surface area (Å²) in [6, 6.07) is 14.1. The van der Waals surface area contributed by atoms with Gasteiger partial charge in [-0.05, 0) is 17.7 Å². The van der Waals surface area contributed by atoms with Crippen molar-refractivity contribution in [2.24, 2.45) is 5.73 Å². The summed E-state index contributed by atoms with van der Waals surface area (Å²) in [5.41, 5.74) is 7.08. The number of ketones is 1. The van der Waals surface area contributed by atoms with E-state index in [1.165, 1.54) is 14.2 Å². The number of hydrogen-bond acceptors (Lipinski definition) is 7. The normalized spacial score (nSPS) is 17.4. The van der Waals surface area contributed by atoms with Gasteiger partial charge in [-0.15, -0.1) is 0 Å². The first-order valence-corrected chi connectivity index (χ1v) is 9.31. The first-order chi connectivity index (χ1) is 13.0. The van der Waals surface area contributed by atoms with Crippen molar-refractivity contribution >= 4 is 16.9 Å². The monoisotopic (exact) mass is 389 g/mol. The third kappa shape index (κ3) is 4.06. The molecule has 0 saturated heterocycles. The minimum Gasteiger partial charge on any atom is -0.497 e. The predicted molar refractivity (Wildman–Crippen MR) is 99.0 cm³/mol. The molecule has 1 heterocycles. The molecule has 0 saturated carbocycles. The van der Waals surface area contributed by atoms with Crippen LogP contribution in [0.5, 0.6) is 11.5 Å². The Kier molecular flexibility index (Phi) is 5.66. The standard InChI is InChI=1S/C19H19NO6S/c1-23-13-8-9-14(15(10-13)24-2)17-16(21)18(19(20)25-17)26-27(22)11-12-6-4-3-5-7-12/h3-10,17H,11,20H2,1-2H3. The van der Waals surface area contributed by atoms with Crippen molar-refractivity contribution in [3.8, 4) is 11.5 Å². The maximum absolute atomic E-state index is 12.7. The highest BCUT2D eigenvalue weighted by atomic mass is 32.2. The summed E-state index contributed by atoms with van der Waals surface area (Å²) in [4.78, 5) is 12.7. The Bertz CT molecular complexity index is 896. The predicted octanol–water partition coefficient (Wildman–Crippen LogP) is 2.35. The van der Waals surface area contributed by atoms with E-state index in [4.69, 9.17) is 24.1 Å². The molecule has 1 aliphatic rings. The lowest BCUT2D eigenvalue weighted by Crippen LogP contribution is -2.14. The molecule has 2 aromatic carbocycles. The van der Waals surface area contributed by atoms with Gasteiger partial charge in [0.15, 0.2) is 6.10 Å². The van der Waals surface area contributed by atoms with Gasteiger partial charge < -0.3 is 24.1 Å². The summed E-state index contributed by atoms with van der Waals surface area (Å²) in [7, 11) is 3.00. The third-order valence-corrected chi connectivity index (χ3v) is 4.88. The average molecular weight is 389 g/mol. The topological polar surface area (TPSA) is 97.1 Å². The van der Waals surface area contributed by atoms with Crippen molar-refractivity contribution in [3.05, 3.63) is 71.3 Å². The van der Waals surface area contributed by atoms with Gasteiger partial charge in [-0.3, -0.25) is 4.79 Å². The maximum atomic E-state index is 12.7. The molecule has 0 fully saturated rings. The Labute approximate surface area is 159 Å². The number of carbonyl (C=O) groups excluding carboxylic acids is 1. The summed E-state index contributed by atoms with van der Waals surface area (Å²) in [6.45, 7) is 0. The van der Waals surface area contributed by atoms with Crippen LogP contribution in [0.15, 0.2) is 60.2 Å². The third-order valence-electron chi connectivity index (χ3n) is 3.96. The van der Waals surface area contributed by atoms with Gasteiger partial charge in [0.1, 0.15) is 11.5 Å². The van der Waals surface area contributed by atoms with Gasteiger partial charge in [0.25, 0.3) is 0 Å². The highest BCUT2D eigenvalue weighted by molar-refractivity contribution is 7.79. The van der Waals surface area contributed by atoms with E-state index in [1.54, 1.807) is 18.2 Å². The second-order valence-electron chi connectivity index (χ2n) is 5.68. The number of methoxy groups -OCH3 is 2. The van der Waals surface area contributed by atoms with Gasteiger partial charge in [-0.25, -0.2) is 4.21 Å². The summed E-state index contributed by atoms with van der Waals surface area (Å²) >= 11 is -1.78. The number of benzene rings is 2. The number of ether oxygens (including phenoxy) is 3. The van der Waals surface area contributed by atoms with Crippen molar-refractivity contribution in [1.82, 2.24) is 0 Å². The summed E-state index contributed by atoms with van der Waals surface area (Å²) in [6.07, 6.45) is -1.03. The molecule has 1 aliphatic heterocycles. The maximum Gasteiger partial charge on any atom is 0.249 e. The van der Waals surface area contributed by atoms with E-state index in [1.807, 2.05) is 30.3 Å². The average Bonchev–Trinajstić information content (AvgIpc) is 2.96. The van der Waals surface area contributed by atoms with Crippen LogP contribution in [-0.2, 0) is 30.5 Å². The van der Waals surface area contributed by atoms with Crippen LogP contribution in [0.3, 0.4) is 0 Å². The number of nitrogens with two attached hydrogens (primary N) is 1. The Morgan fingerprint density at radius 3 is 2.52 bits per heavy atom. The fourth-order valence-electron chi connectivity index (χ4n) is 2.63. The number of Topliss-reactive ketones (excluding diaryl/α,β-unsaturated/α-hetero) is 1. The molecule has 8 heteroatoms. The SMILES string of the molecule is COc1ccc(C2OC(N)=C(OS(=O)Cc3ccccc3)C2=O)c(OC)c1. The molecule has 2 N–H and O–H groups in total. The van der Waals surface area contributed by atoms with Crippen molar-refractivity contribution in [2.75, 3.05) is 14.2 Å². The fourth-order valence-corrected chi connectivity index (χ4v) is 3.50. The molecule has 0 radical (unpaired) electrons. The lowest BCUT2D eigenvalue weighted by molar-refractivity contribution is -0.123. The van der Waals surface area contributed by atoms with E-state index in [2.05, 4.69) is 0 Å². The highest BCUT2D eigenvalue weighted by Gasteiger charge is 2.39. The van der Waals surface area contributed by atoms with Gasteiger partial charge in [0, 0.05) is 11.6 Å². The smallest absolute Gasteiger partial charge is 0.249 e. The largest absolute Gasteiger partial charge is 0.497 e. The van der Waals surface area contributed by atoms with E-state index in [0.717, 1.165) is 5.56 Å². The van der Waals surface area contributed by atoms with Crippen LogP contribution in [0.2, 0.25) is 0 Å². The van der Waals surface area contributed by atoms with Crippen molar-refractivity contribution in [3.63, 3.8) is 0 Å². The van der Waals surface area contributed by atoms with Crippen molar-refractivity contribution < 1.29 is 27.4 Å². The lowest BCUT2D eigenvalue weighted by Gasteiger charge is -2.15. The molecular weight excluding hydrogens is 370 g/mol. The van der Waals surface area contributed by atoms with Crippen LogP contribution >= 0.6 is 0 Å². The van der Waals surface area contributed by atoms with E-state index in [-0.39, 0.29) is 17.4 Å². The molecule has 3 rings (SSSR count). The Hall–Kier alpha value is -3.00. The lowest BCUT2D eigenvalue weighted by atomic mass is 10.0. The van der Waals surface area contributed by atoms with Gasteiger partial charge in [0.2, 0.25) is 28.5 Å². The van der Waals surface area contributed by atoms with E-state index >= 15 is 0 Å². The van der Waals surface area contributed by atoms with Crippen LogP contribution in [0.4, 0.5) is 0 Å². The van der Waals surface area contributed by atoms with Gasteiger partial charge in [0.05, 0.1) is 20.0 Å². The zero-order valence-corrected chi connectivity index (χ0v) is 15.7.